The highest BCUT2D eigenvalue weighted by Gasteiger charge is 2.03. The minimum atomic E-state index is -0.421. The first-order chi connectivity index (χ1) is 6.09. The lowest BCUT2D eigenvalue weighted by atomic mass is 10.2. The van der Waals surface area contributed by atoms with Gasteiger partial charge in [-0.2, -0.15) is 0 Å². The van der Waals surface area contributed by atoms with Crippen LogP contribution in [0.2, 0.25) is 0 Å². The number of nitrogens with zero attached hydrogens (tertiary/aromatic N) is 1. The normalized spacial score (nSPS) is 9.69. The first-order valence-corrected chi connectivity index (χ1v) is 3.78. The highest BCUT2D eigenvalue weighted by molar-refractivity contribution is 5.32. The van der Waals surface area contributed by atoms with E-state index in [1.807, 2.05) is 0 Å². The molecule has 70 valence electrons. The van der Waals surface area contributed by atoms with Crippen molar-refractivity contribution in [1.29, 1.82) is 0 Å². The largest absolute Gasteiger partial charge is 0.494 e. The Morgan fingerprint density at radius 1 is 1.77 bits per heavy atom. The van der Waals surface area contributed by atoms with Crippen LogP contribution in [0.15, 0.2) is 24.6 Å². The highest BCUT2D eigenvalue weighted by atomic mass is 19.1. The number of halogens is 1. The van der Waals surface area contributed by atoms with Crippen molar-refractivity contribution in [2.45, 2.75) is 13.5 Å². The molecule has 0 aromatic carbocycles. The predicted molar refractivity (Wildman–Crippen MR) is 48.2 cm³/mol. The van der Waals surface area contributed by atoms with Crippen molar-refractivity contribution in [1.82, 2.24) is 4.98 Å². The smallest absolute Gasteiger partial charge is 0.148 e. The van der Waals surface area contributed by atoms with Crippen LogP contribution >= 0.6 is 0 Å². The van der Waals surface area contributed by atoms with Crippen LogP contribution in [0, 0.1) is 5.82 Å². The van der Waals surface area contributed by atoms with Crippen LogP contribution in [-0.2, 0) is 11.3 Å². The van der Waals surface area contributed by atoms with E-state index >= 15 is 0 Å². The molecular weight excluding hydrogens is 171 g/mol. The summed E-state index contributed by atoms with van der Waals surface area (Å²) in [6, 6.07) is 1.44. The minimum Gasteiger partial charge on any atom is -0.494 e. The van der Waals surface area contributed by atoms with Gasteiger partial charge in [0, 0.05) is 5.56 Å². The van der Waals surface area contributed by atoms with E-state index in [0.717, 1.165) is 6.20 Å². The topological polar surface area (TPSA) is 48.1 Å². The zero-order valence-corrected chi connectivity index (χ0v) is 7.38. The van der Waals surface area contributed by atoms with Crippen LogP contribution in [0.3, 0.4) is 0 Å². The molecule has 0 fully saturated rings. The summed E-state index contributed by atoms with van der Waals surface area (Å²) in [6.07, 6.45) is 1.08. The quantitative estimate of drug-likeness (QED) is 0.726. The van der Waals surface area contributed by atoms with Crippen LogP contribution in [-0.4, -0.2) is 4.98 Å². The molecule has 0 amide bonds. The molecule has 1 aromatic rings. The number of hydrogen-bond acceptors (Lipinski definition) is 3. The molecule has 13 heavy (non-hydrogen) atoms. The van der Waals surface area contributed by atoms with Crippen LogP contribution in [0.4, 0.5) is 10.2 Å². The van der Waals surface area contributed by atoms with Crippen molar-refractivity contribution in [3.8, 4) is 0 Å². The summed E-state index contributed by atoms with van der Waals surface area (Å²) in [6.45, 7) is 5.36. The first-order valence-electron chi connectivity index (χ1n) is 3.78. The maximum atomic E-state index is 13.0. The van der Waals surface area contributed by atoms with Gasteiger partial charge in [0.2, 0.25) is 0 Å². The van der Waals surface area contributed by atoms with Gasteiger partial charge in [-0.3, -0.25) is 0 Å². The number of pyridine rings is 1. The third-order valence-corrected chi connectivity index (χ3v) is 1.43. The lowest BCUT2D eigenvalue weighted by molar-refractivity contribution is 0.198. The van der Waals surface area contributed by atoms with E-state index in [1.165, 1.54) is 6.07 Å². The Balaban J connectivity index is 2.75. The maximum absolute atomic E-state index is 13.0. The fraction of sp³-hybridized carbons (Fsp3) is 0.222. The van der Waals surface area contributed by atoms with Crippen molar-refractivity contribution >= 4 is 5.82 Å². The number of nitrogen functional groups attached to an aromatic ring is 1. The Bertz CT molecular complexity index is 325. The Hall–Kier alpha value is -1.58. The third-order valence-electron chi connectivity index (χ3n) is 1.43. The lowest BCUT2D eigenvalue weighted by Gasteiger charge is -2.06. The van der Waals surface area contributed by atoms with Gasteiger partial charge in [-0.25, -0.2) is 9.37 Å². The molecule has 0 atom stereocenters. The fourth-order valence-electron chi connectivity index (χ4n) is 0.810. The van der Waals surface area contributed by atoms with Crippen LogP contribution in [0.1, 0.15) is 12.5 Å². The summed E-state index contributed by atoms with van der Waals surface area (Å²) in [7, 11) is 0. The summed E-state index contributed by atoms with van der Waals surface area (Å²) >= 11 is 0. The highest BCUT2D eigenvalue weighted by Crippen LogP contribution is 2.11. The molecule has 0 radical (unpaired) electrons. The Labute approximate surface area is 76.0 Å². The summed E-state index contributed by atoms with van der Waals surface area (Å²) in [5.41, 5.74) is 5.76. The fourth-order valence-corrected chi connectivity index (χ4v) is 0.810. The predicted octanol–water partition coefficient (Wildman–Crippen LogP) is 1.85. The molecule has 0 unspecified atom stereocenters. The number of allylic oxidation sites excluding steroid dienone is 1. The van der Waals surface area contributed by atoms with Gasteiger partial charge in [0.15, 0.2) is 0 Å². The minimum absolute atomic E-state index is 0.133. The number of hydrogen-bond donors (Lipinski definition) is 1. The number of aromatic nitrogens is 1. The molecule has 0 aliphatic rings. The van der Waals surface area contributed by atoms with Crippen molar-refractivity contribution < 1.29 is 9.13 Å². The van der Waals surface area contributed by atoms with Gasteiger partial charge in [-0.05, 0) is 13.0 Å². The van der Waals surface area contributed by atoms with Gasteiger partial charge in [-0.15, -0.1) is 0 Å². The Morgan fingerprint density at radius 2 is 2.46 bits per heavy atom. The van der Waals surface area contributed by atoms with Crippen LogP contribution in [0.25, 0.3) is 0 Å². The third kappa shape index (κ3) is 2.74. The monoisotopic (exact) mass is 182 g/mol. The van der Waals surface area contributed by atoms with Gasteiger partial charge in [0.25, 0.3) is 0 Å². The first kappa shape index (κ1) is 9.51. The van der Waals surface area contributed by atoms with E-state index in [0.29, 0.717) is 11.3 Å². The van der Waals surface area contributed by atoms with Crippen LogP contribution in [0.5, 0.6) is 0 Å². The summed E-state index contributed by atoms with van der Waals surface area (Å²) < 4.78 is 18.0. The SMILES string of the molecule is C=C(C)OCc1cc(N)ncc1F. The van der Waals surface area contributed by atoms with Crippen molar-refractivity contribution in [3.05, 3.63) is 36.0 Å². The molecule has 2 N–H and O–H groups in total. The molecule has 0 spiro atoms. The van der Waals surface area contributed by atoms with Crippen molar-refractivity contribution in [2.24, 2.45) is 0 Å². The van der Waals surface area contributed by atoms with E-state index in [9.17, 15) is 4.39 Å². The van der Waals surface area contributed by atoms with Gasteiger partial charge >= 0.3 is 0 Å². The van der Waals surface area contributed by atoms with Gasteiger partial charge in [0.05, 0.1) is 12.0 Å². The molecule has 3 nitrogen and oxygen atoms in total. The lowest BCUT2D eigenvalue weighted by Crippen LogP contribution is -1.98. The standard InChI is InChI=1S/C9H11FN2O/c1-6(2)13-5-7-3-9(11)12-4-8(7)10/h3-4H,1,5H2,2H3,(H2,11,12). The zero-order valence-electron chi connectivity index (χ0n) is 7.38. The number of ether oxygens (including phenoxy) is 1. The summed E-state index contributed by atoms with van der Waals surface area (Å²) in [5.74, 6) is 0.395. The molecule has 0 aliphatic heterocycles. The molecular formula is C9H11FN2O. The molecule has 0 aliphatic carbocycles. The molecule has 0 saturated heterocycles. The second kappa shape index (κ2) is 3.89. The molecule has 1 heterocycles. The molecule has 0 saturated carbocycles. The van der Waals surface area contributed by atoms with E-state index < -0.39 is 5.82 Å². The van der Waals surface area contributed by atoms with E-state index in [-0.39, 0.29) is 12.4 Å². The number of anilines is 1. The number of nitrogens with two attached hydrogens (primary N) is 1. The van der Waals surface area contributed by atoms with E-state index in [4.69, 9.17) is 10.5 Å². The molecule has 4 heteroatoms. The second-order valence-corrected chi connectivity index (χ2v) is 2.69. The van der Waals surface area contributed by atoms with Crippen LogP contribution < -0.4 is 5.73 Å². The summed E-state index contributed by atoms with van der Waals surface area (Å²) in [4.78, 5) is 3.59. The van der Waals surface area contributed by atoms with Gasteiger partial charge in [0.1, 0.15) is 18.2 Å². The van der Waals surface area contributed by atoms with Gasteiger partial charge in [-0.1, -0.05) is 6.58 Å². The maximum Gasteiger partial charge on any atom is 0.148 e. The second-order valence-electron chi connectivity index (χ2n) is 2.69. The zero-order chi connectivity index (χ0) is 9.84. The Morgan fingerprint density at radius 3 is 3.08 bits per heavy atom. The molecule has 0 bridgehead atoms. The average molecular weight is 182 g/mol. The number of rotatable bonds is 3. The van der Waals surface area contributed by atoms with E-state index in [1.54, 1.807) is 6.92 Å². The molecule has 1 aromatic heterocycles. The molecule has 1 rings (SSSR count). The van der Waals surface area contributed by atoms with Crippen molar-refractivity contribution in [3.63, 3.8) is 0 Å². The van der Waals surface area contributed by atoms with Crippen molar-refractivity contribution in [2.75, 3.05) is 5.73 Å². The Kier molecular flexibility index (Phi) is 2.84. The summed E-state index contributed by atoms with van der Waals surface area (Å²) in [5, 5.41) is 0. The van der Waals surface area contributed by atoms with Gasteiger partial charge < -0.3 is 10.5 Å². The average Bonchev–Trinajstić information content (AvgIpc) is 2.06. The van der Waals surface area contributed by atoms with E-state index in [2.05, 4.69) is 11.6 Å².